The van der Waals surface area contributed by atoms with Crippen molar-refractivity contribution in [1.82, 2.24) is 9.80 Å². The lowest BCUT2D eigenvalue weighted by Gasteiger charge is -2.41. The average molecular weight is 338 g/mol. The summed E-state index contributed by atoms with van der Waals surface area (Å²) in [5.74, 6) is -0.168. The van der Waals surface area contributed by atoms with Crippen molar-refractivity contribution in [3.05, 3.63) is 0 Å². The van der Waals surface area contributed by atoms with Crippen molar-refractivity contribution >= 4 is 33.6 Å². The lowest BCUT2D eigenvalue weighted by atomic mass is 10.0. The number of rotatable bonds is 4. The number of nitrogens with zero attached hydrogens (tertiary/aromatic N) is 2. The molecule has 9 heteroatoms. The Morgan fingerprint density at radius 2 is 2.00 bits per heavy atom. The first-order valence-electron chi connectivity index (χ1n) is 6.61. The topological polar surface area (TPSA) is 95.0 Å². The second-order valence-electron chi connectivity index (χ2n) is 5.44. The molecule has 0 spiro atoms. The molecule has 1 atom stereocenters. The number of carboxylic acid groups (broad SMARTS) is 1. The molecule has 0 bridgehead atoms. The summed E-state index contributed by atoms with van der Waals surface area (Å²) < 4.78 is 23.7. The fourth-order valence-corrected chi connectivity index (χ4v) is 5.00. The van der Waals surface area contributed by atoms with E-state index in [0.29, 0.717) is 18.1 Å². The van der Waals surface area contributed by atoms with Crippen LogP contribution < -0.4 is 0 Å². The predicted octanol–water partition coefficient (Wildman–Crippen LogP) is 0.711. The fraction of sp³-hybridized carbons (Fsp3) is 0.833. The molecule has 1 aliphatic rings. The summed E-state index contributed by atoms with van der Waals surface area (Å²) in [5.41, 5.74) is -1.39. The van der Waals surface area contributed by atoms with E-state index in [1.165, 1.54) is 35.4 Å². The minimum absolute atomic E-state index is 0.193. The third-order valence-electron chi connectivity index (χ3n) is 3.57. The summed E-state index contributed by atoms with van der Waals surface area (Å²) in [5, 5.41) is 8.38. The summed E-state index contributed by atoms with van der Waals surface area (Å²) in [6.07, 6.45) is 1.10. The molecule has 0 aromatic carbocycles. The molecule has 0 radical (unpaired) electrons. The third kappa shape index (κ3) is 3.82. The zero-order valence-corrected chi connectivity index (χ0v) is 14.3. The number of thioether (sulfide) groups is 1. The van der Waals surface area contributed by atoms with Gasteiger partial charge in [-0.3, -0.25) is 0 Å². The van der Waals surface area contributed by atoms with Gasteiger partial charge in [-0.05, 0) is 20.8 Å². The molecular weight excluding hydrogens is 316 g/mol. The maximum atomic E-state index is 12.7. The highest BCUT2D eigenvalue weighted by Crippen LogP contribution is 2.24. The van der Waals surface area contributed by atoms with Gasteiger partial charge in [0.2, 0.25) is 0 Å². The molecule has 1 saturated heterocycles. The number of carbonyl (C=O) groups is 2. The molecule has 7 nitrogen and oxygen atoms in total. The molecular formula is C12H22N2O5S2. The standard InChI is InChI=1S/C12H22N2O5S2/c1-5-14(12(2,3)10(15)16)11(17)13-6-7-20-8-9(13)21(4,18)19/h9H,5-8H2,1-4H3,(H,15,16). The molecule has 122 valence electrons. The Kier molecular flexibility index (Phi) is 5.54. The number of aliphatic carboxylic acids is 1. The summed E-state index contributed by atoms with van der Waals surface area (Å²) >= 11 is 1.48. The Labute approximate surface area is 129 Å². The number of hydrogen-bond acceptors (Lipinski definition) is 5. The number of sulfone groups is 1. The van der Waals surface area contributed by atoms with Crippen LogP contribution in [0.25, 0.3) is 0 Å². The zero-order chi connectivity index (χ0) is 16.4. The van der Waals surface area contributed by atoms with Crippen molar-refractivity contribution in [3.8, 4) is 0 Å². The predicted molar refractivity (Wildman–Crippen MR) is 82.2 cm³/mol. The number of amides is 2. The van der Waals surface area contributed by atoms with Crippen LogP contribution in [0, 0.1) is 0 Å². The highest BCUT2D eigenvalue weighted by molar-refractivity contribution is 8.00. The highest BCUT2D eigenvalue weighted by atomic mass is 32.2. The number of carbonyl (C=O) groups excluding carboxylic acids is 1. The molecule has 1 aliphatic heterocycles. The quantitative estimate of drug-likeness (QED) is 0.811. The Balaban J connectivity index is 3.11. The molecule has 1 N–H and O–H groups in total. The molecule has 0 aromatic rings. The van der Waals surface area contributed by atoms with Crippen LogP contribution in [0.4, 0.5) is 4.79 Å². The van der Waals surface area contributed by atoms with Crippen LogP contribution in [0.1, 0.15) is 20.8 Å². The van der Waals surface area contributed by atoms with E-state index in [1.54, 1.807) is 6.92 Å². The molecule has 1 rings (SSSR count). The van der Waals surface area contributed by atoms with Crippen molar-refractivity contribution in [3.63, 3.8) is 0 Å². The molecule has 2 amide bonds. The van der Waals surface area contributed by atoms with Crippen molar-refractivity contribution < 1.29 is 23.1 Å². The Hall–Kier alpha value is -0.960. The molecule has 21 heavy (non-hydrogen) atoms. The Morgan fingerprint density at radius 3 is 2.43 bits per heavy atom. The summed E-state index contributed by atoms with van der Waals surface area (Å²) in [6.45, 7) is 5.04. The summed E-state index contributed by atoms with van der Waals surface area (Å²) in [4.78, 5) is 26.5. The SMILES string of the molecule is CCN(C(=O)N1CCSCC1S(C)(=O)=O)C(C)(C)C(=O)O. The first kappa shape index (κ1) is 18.1. The van der Waals surface area contributed by atoms with Crippen molar-refractivity contribution in [2.45, 2.75) is 31.7 Å². The van der Waals surface area contributed by atoms with Crippen molar-refractivity contribution in [2.24, 2.45) is 0 Å². The van der Waals surface area contributed by atoms with E-state index in [2.05, 4.69) is 0 Å². The van der Waals surface area contributed by atoms with E-state index >= 15 is 0 Å². The maximum Gasteiger partial charge on any atom is 0.329 e. The van der Waals surface area contributed by atoms with Gasteiger partial charge in [0.25, 0.3) is 0 Å². The van der Waals surface area contributed by atoms with Crippen LogP contribution in [-0.4, -0.2) is 77.1 Å². The Morgan fingerprint density at radius 1 is 1.43 bits per heavy atom. The van der Waals surface area contributed by atoms with Crippen molar-refractivity contribution in [2.75, 3.05) is 30.9 Å². The van der Waals surface area contributed by atoms with Gasteiger partial charge in [-0.25, -0.2) is 18.0 Å². The van der Waals surface area contributed by atoms with Gasteiger partial charge in [-0.15, -0.1) is 0 Å². The first-order valence-corrected chi connectivity index (χ1v) is 9.72. The fourth-order valence-electron chi connectivity index (χ4n) is 2.19. The summed E-state index contributed by atoms with van der Waals surface area (Å²) in [7, 11) is -3.42. The van der Waals surface area contributed by atoms with Crippen LogP contribution in [0.3, 0.4) is 0 Å². The number of carboxylic acids is 1. The van der Waals surface area contributed by atoms with Gasteiger partial charge >= 0.3 is 12.0 Å². The van der Waals surface area contributed by atoms with Crippen LogP contribution >= 0.6 is 11.8 Å². The monoisotopic (exact) mass is 338 g/mol. The normalized spacial score (nSPS) is 20.2. The minimum atomic E-state index is -3.42. The van der Waals surface area contributed by atoms with Gasteiger partial charge in [0.15, 0.2) is 9.84 Å². The van der Waals surface area contributed by atoms with E-state index in [0.717, 1.165) is 6.26 Å². The molecule has 0 aromatic heterocycles. The van der Waals surface area contributed by atoms with E-state index in [-0.39, 0.29) is 6.54 Å². The smallest absolute Gasteiger partial charge is 0.329 e. The van der Waals surface area contributed by atoms with Gasteiger partial charge < -0.3 is 14.9 Å². The molecule has 1 fully saturated rings. The Bertz CT molecular complexity index is 518. The lowest BCUT2D eigenvalue weighted by molar-refractivity contribution is -0.147. The number of urea groups is 1. The molecule has 1 heterocycles. The summed E-state index contributed by atoms with van der Waals surface area (Å²) in [6, 6.07) is -0.541. The second-order valence-corrected chi connectivity index (χ2v) is 8.80. The maximum absolute atomic E-state index is 12.7. The molecule has 0 aliphatic carbocycles. The average Bonchev–Trinajstić information content (AvgIpc) is 2.37. The van der Waals surface area contributed by atoms with Gasteiger partial charge in [0, 0.05) is 30.9 Å². The van der Waals surface area contributed by atoms with Gasteiger partial charge in [0.05, 0.1) is 0 Å². The van der Waals surface area contributed by atoms with Crippen LogP contribution in [0.2, 0.25) is 0 Å². The third-order valence-corrected chi connectivity index (χ3v) is 6.21. The highest BCUT2D eigenvalue weighted by Gasteiger charge is 2.42. The lowest BCUT2D eigenvalue weighted by Crippen LogP contribution is -2.61. The first-order chi connectivity index (χ1) is 9.53. The molecule has 0 saturated carbocycles. The van der Waals surface area contributed by atoms with E-state index in [9.17, 15) is 23.1 Å². The van der Waals surface area contributed by atoms with Gasteiger partial charge in [-0.1, -0.05) is 0 Å². The van der Waals surface area contributed by atoms with E-state index in [1.807, 2.05) is 0 Å². The second kappa shape index (κ2) is 6.43. The number of hydrogen-bond donors (Lipinski definition) is 1. The zero-order valence-electron chi connectivity index (χ0n) is 12.7. The largest absolute Gasteiger partial charge is 0.480 e. The van der Waals surface area contributed by atoms with Crippen LogP contribution in [0.5, 0.6) is 0 Å². The van der Waals surface area contributed by atoms with Gasteiger partial charge in [-0.2, -0.15) is 11.8 Å². The van der Waals surface area contributed by atoms with Gasteiger partial charge in [0.1, 0.15) is 10.9 Å². The van der Waals surface area contributed by atoms with Crippen molar-refractivity contribution in [1.29, 1.82) is 0 Å². The minimum Gasteiger partial charge on any atom is -0.480 e. The number of likely N-dealkylation sites (N-methyl/N-ethyl adjacent to an activating group) is 1. The van der Waals surface area contributed by atoms with Crippen LogP contribution in [-0.2, 0) is 14.6 Å². The van der Waals surface area contributed by atoms with E-state index in [4.69, 9.17) is 0 Å². The molecule has 1 unspecified atom stereocenters. The van der Waals surface area contributed by atoms with E-state index < -0.39 is 32.8 Å². The van der Waals surface area contributed by atoms with Crippen LogP contribution in [0.15, 0.2) is 0 Å².